The minimum Gasteiger partial charge on any atom is -0.340 e. The van der Waals surface area contributed by atoms with Crippen molar-refractivity contribution in [2.24, 2.45) is 0 Å². The Balaban J connectivity index is 1.88. The molecule has 5 heteroatoms. The highest BCUT2D eigenvalue weighted by Crippen LogP contribution is 2.35. The van der Waals surface area contributed by atoms with Gasteiger partial charge in [-0.3, -0.25) is 14.6 Å². The summed E-state index contributed by atoms with van der Waals surface area (Å²) in [4.78, 5) is 30.6. The second kappa shape index (κ2) is 4.89. The van der Waals surface area contributed by atoms with Crippen LogP contribution in [-0.2, 0) is 9.59 Å². The zero-order valence-corrected chi connectivity index (χ0v) is 11.6. The number of pyridine rings is 1. The summed E-state index contributed by atoms with van der Waals surface area (Å²) < 4.78 is 0. The van der Waals surface area contributed by atoms with E-state index in [2.05, 4.69) is 10.3 Å². The topological polar surface area (TPSA) is 62.3 Å². The number of nitrogens with zero attached hydrogens (tertiary/aromatic N) is 2. The van der Waals surface area contributed by atoms with Crippen molar-refractivity contribution in [1.82, 2.24) is 15.2 Å². The van der Waals surface area contributed by atoms with Crippen molar-refractivity contribution in [3.8, 4) is 0 Å². The van der Waals surface area contributed by atoms with Crippen LogP contribution in [0.3, 0.4) is 0 Å². The second-order valence-corrected chi connectivity index (χ2v) is 5.73. The van der Waals surface area contributed by atoms with E-state index in [1.165, 1.54) is 0 Å². The summed E-state index contributed by atoms with van der Waals surface area (Å²) in [6.07, 6.45) is 6.98. The van der Waals surface area contributed by atoms with E-state index in [1.54, 1.807) is 17.3 Å². The normalized spacial score (nSPS) is 22.9. The van der Waals surface area contributed by atoms with Gasteiger partial charge in [0.15, 0.2) is 0 Å². The van der Waals surface area contributed by atoms with E-state index in [1.807, 2.05) is 19.1 Å². The van der Waals surface area contributed by atoms with E-state index in [9.17, 15) is 9.59 Å². The number of rotatable bonds is 2. The minimum absolute atomic E-state index is 0.0535. The van der Waals surface area contributed by atoms with Gasteiger partial charge in [-0.15, -0.1) is 0 Å². The number of hydrogen-bond donors (Lipinski definition) is 1. The second-order valence-electron chi connectivity index (χ2n) is 5.73. The maximum absolute atomic E-state index is 12.8. The summed E-state index contributed by atoms with van der Waals surface area (Å²) >= 11 is 0. The number of hydrogen-bond acceptors (Lipinski definition) is 3. The molecule has 0 bridgehead atoms. The molecule has 1 aliphatic heterocycles. The molecular formula is C15H19N3O2. The molecule has 1 saturated heterocycles. The monoisotopic (exact) mass is 273 g/mol. The van der Waals surface area contributed by atoms with Gasteiger partial charge >= 0.3 is 0 Å². The highest BCUT2D eigenvalue weighted by Gasteiger charge is 2.49. The Morgan fingerprint density at radius 1 is 1.35 bits per heavy atom. The van der Waals surface area contributed by atoms with Crippen LogP contribution in [0.25, 0.3) is 0 Å². The molecule has 0 aromatic carbocycles. The van der Waals surface area contributed by atoms with E-state index in [0.717, 1.165) is 31.2 Å². The fourth-order valence-corrected chi connectivity index (χ4v) is 3.29. The molecule has 1 aromatic rings. The van der Waals surface area contributed by atoms with Crippen LogP contribution >= 0.6 is 0 Å². The lowest BCUT2D eigenvalue weighted by Gasteiger charge is -2.42. The van der Waals surface area contributed by atoms with E-state index >= 15 is 0 Å². The van der Waals surface area contributed by atoms with Gasteiger partial charge in [0.25, 0.3) is 0 Å². The molecule has 1 atom stereocenters. The van der Waals surface area contributed by atoms with Gasteiger partial charge < -0.3 is 10.2 Å². The van der Waals surface area contributed by atoms with Gasteiger partial charge in [-0.1, -0.05) is 18.9 Å². The van der Waals surface area contributed by atoms with Crippen LogP contribution in [0.1, 0.15) is 44.2 Å². The van der Waals surface area contributed by atoms with Crippen LogP contribution in [0.2, 0.25) is 0 Å². The maximum atomic E-state index is 12.8. The van der Waals surface area contributed by atoms with Gasteiger partial charge in [-0.05, 0) is 31.4 Å². The van der Waals surface area contributed by atoms with Gasteiger partial charge in [0.05, 0.1) is 6.04 Å². The number of amides is 2. The molecule has 3 rings (SSSR count). The molecule has 5 nitrogen and oxygen atoms in total. The first-order chi connectivity index (χ1) is 9.62. The summed E-state index contributed by atoms with van der Waals surface area (Å²) in [6.45, 7) is 2.09. The van der Waals surface area contributed by atoms with Crippen LogP contribution in [0.15, 0.2) is 24.5 Å². The van der Waals surface area contributed by atoms with Crippen molar-refractivity contribution in [3.63, 3.8) is 0 Å². The quantitative estimate of drug-likeness (QED) is 0.886. The number of carbonyl (C=O) groups excluding carboxylic acids is 2. The molecule has 1 spiro atoms. The molecule has 1 aliphatic carbocycles. The highest BCUT2D eigenvalue weighted by molar-refractivity contribution is 5.98. The Morgan fingerprint density at radius 2 is 2.10 bits per heavy atom. The van der Waals surface area contributed by atoms with Gasteiger partial charge in [0.2, 0.25) is 11.8 Å². The average molecular weight is 273 g/mol. The van der Waals surface area contributed by atoms with E-state index in [0.29, 0.717) is 0 Å². The molecule has 0 radical (unpaired) electrons. The van der Waals surface area contributed by atoms with Crippen LogP contribution < -0.4 is 5.32 Å². The van der Waals surface area contributed by atoms with Crippen molar-refractivity contribution in [1.29, 1.82) is 0 Å². The van der Waals surface area contributed by atoms with Crippen LogP contribution in [-0.4, -0.2) is 33.8 Å². The Kier molecular flexibility index (Phi) is 3.20. The molecule has 106 valence electrons. The third-order valence-electron chi connectivity index (χ3n) is 4.45. The first-order valence-corrected chi connectivity index (χ1v) is 7.14. The van der Waals surface area contributed by atoms with Gasteiger partial charge in [0, 0.05) is 12.4 Å². The van der Waals surface area contributed by atoms with Crippen molar-refractivity contribution in [2.45, 2.75) is 44.2 Å². The number of nitrogens with one attached hydrogen (secondary N) is 1. The Bertz CT molecular complexity index is 523. The maximum Gasteiger partial charge on any atom is 0.249 e. The van der Waals surface area contributed by atoms with Gasteiger partial charge in [-0.2, -0.15) is 0 Å². The van der Waals surface area contributed by atoms with Crippen molar-refractivity contribution in [3.05, 3.63) is 30.1 Å². The number of carbonyl (C=O) groups is 2. The van der Waals surface area contributed by atoms with Crippen molar-refractivity contribution < 1.29 is 9.59 Å². The van der Waals surface area contributed by atoms with E-state index in [-0.39, 0.29) is 24.4 Å². The van der Waals surface area contributed by atoms with E-state index < -0.39 is 5.54 Å². The summed E-state index contributed by atoms with van der Waals surface area (Å²) in [7, 11) is 0. The summed E-state index contributed by atoms with van der Waals surface area (Å²) in [5, 5.41) is 2.93. The Morgan fingerprint density at radius 3 is 2.75 bits per heavy atom. The number of aromatic nitrogens is 1. The third-order valence-corrected chi connectivity index (χ3v) is 4.45. The third kappa shape index (κ3) is 2.07. The molecule has 2 fully saturated rings. The van der Waals surface area contributed by atoms with Crippen molar-refractivity contribution >= 4 is 11.8 Å². The lowest BCUT2D eigenvalue weighted by Crippen LogP contribution is -2.65. The molecule has 2 heterocycles. The van der Waals surface area contributed by atoms with E-state index in [4.69, 9.17) is 0 Å². The highest BCUT2D eigenvalue weighted by atomic mass is 16.2. The molecule has 20 heavy (non-hydrogen) atoms. The zero-order valence-electron chi connectivity index (χ0n) is 11.6. The van der Waals surface area contributed by atoms with Gasteiger partial charge in [-0.25, -0.2) is 0 Å². The SMILES string of the molecule is CC(c1cccnc1)N1CC(=O)NC2(CCCC2)C1=O. The zero-order chi connectivity index (χ0) is 14.2. The predicted octanol–water partition coefficient (Wildman–Crippen LogP) is 1.41. The summed E-state index contributed by atoms with van der Waals surface area (Å²) in [5.74, 6) is 0.00759. The molecule has 1 saturated carbocycles. The molecular weight excluding hydrogens is 254 g/mol. The fourth-order valence-electron chi connectivity index (χ4n) is 3.29. The lowest BCUT2D eigenvalue weighted by molar-refractivity contribution is -0.152. The molecule has 1 aromatic heterocycles. The molecule has 1 unspecified atom stereocenters. The molecule has 2 amide bonds. The fraction of sp³-hybridized carbons (Fsp3) is 0.533. The first kappa shape index (κ1) is 13.1. The molecule has 1 N–H and O–H groups in total. The van der Waals surface area contributed by atoms with Gasteiger partial charge in [0.1, 0.15) is 12.1 Å². The Hall–Kier alpha value is -1.91. The number of piperazine rings is 1. The van der Waals surface area contributed by atoms with Crippen LogP contribution in [0.5, 0.6) is 0 Å². The largest absolute Gasteiger partial charge is 0.340 e. The standard InChI is InChI=1S/C15H19N3O2/c1-11(12-5-4-8-16-9-12)18-10-13(19)17-15(14(18)20)6-2-3-7-15/h4-5,8-9,11H,2-3,6-7,10H2,1H3,(H,17,19). The van der Waals surface area contributed by atoms with Crippen molar-refractivity contribution in [2.75, 3.05) is 6.54 Å². The summed E-state index contributed by atoms with van der Waals surface area (Å²) in [6, 6.07) is 3.67. The average Bonchev–Trinajstić information content (AvgIpc) is 2.92. The first-order valence-electron chi connectivity index (χ1n) is 7.14. The lowest BCUT2D eigenvalue weighted by atomic mass is 9.91. The Labute approximate surface area is 118 Å². The van der Waals surface area contributed by atoms with Crippen LogP contribution in [0.4, 0.5) is 0 Å². The predicted molar refractivity (Wildman–Crippen MR) is 73.7 cm³/mol. The summed E-state index contributed by atoms with van der Waals surface area (Å²) in [5.41, 5.74) is 0.315. The smallest absolute Gasteiger partial charge is 0.249 e. The van der Waals surface area contributed by atoms with Crippen LogP contribution in [0, 0.1) is 0 Å². The molecule has 2 aliphatic rings. The minimum atomic E-state index is -0.647.